The molecular weight excluding hydrogens is 786 g/mol. The highest BCUT2D eigenvalue weighted by Crippen LogP contribution is 2.46. The molecule has 0 spiro atoms. The lowest BCUT2D eigenvalue weighted by molar-refractivity contribution is -0.141. The number of carbonyl (C=O) groups is 4. The summed E-state index contributed by atoms with van der Waals surface area (Å²) in [5.74, 6) is -2.30. The summed E-state index contributed by atoms with van der Waals surface area (Å²) in [7, 11) is -2.41. The molecular formula is C42H48FN5O10S. The predicted molar refractivity (Wildman–Crippen MR) is 215 cm³/mol. The lowest BCUT2D eigenvalue weighted by Crippen LogP contribution is -2.58. The molecule has 5 atom stereocenters. The number of nitrogens with one attached hydrogen (secondary N) is 3. The quantitative estimate of drug-likeness (QED) is 0.198. The van der Waals surface area contributed by atoms with Gasteiger partial charge in [0.25, 0.3) is 5.91 Å². The Labute approximate surface area is 340 Å². The van der Waals surface area contributed by atoms with Gasteiger partial charge in [0, 0.05) is 35.2 Å². The number of aromatic nitrogens is 1. The molecule has 0 unspecified atom stereocenters. The summed E-state index contributed by atoms with van der Waals surface area (Å²) < 4.78 is 66.6. The minimum atomic E-state index is -3.94. The average molecular weight is 834 g/mol. The van der Waals surface area contributed by atoms with Gasteiger partial charge in [0.15, 0.2) is 11.3 Å². The molecule has 314 valence electrons. The normalized spacial score (nSPS) is 25.4. The molecule has 2 aliphatic heterocycles. The second-order valence-electron chi connectivity index (χ2n) is 16.9. The Balaban J connectivity index is 1.17. The van der Waals surface area contributed by atoms with Crippen molar-refractivity contribution < 1.29 is 50.6 Å². The number of furan rings is 1. The van der Waals surface area contributed by atoms with E-state index in [9.17, 15) is 32.0 Å². The number of ether oxygens (including phenoxy) is 3. The number of allylic oxidation sites excluding steroid dienone is 1. The lowest BCUT2D eigenvalue weighted by atomic mass is 10.0. The second kappa shape index (κ2) is 15.3. The fraction of sp³-hybridized carbons (Fsp3) is 0.500. The summed E-state index contributed by atoms with van der Waals surface area (Å²) in [6.07, 6.45) is 6.09. The van der Waals surface area contributed by atoms with Crippen LogP contribution in [0.4, 0.5) is 9.18 Å². The van der Waals surface area contributed by atoms with Crippen molar-refractivity contribution in [2.75, 3.05) is 13.7 Å². The number of methoxy groups -OCH3 is 1. The topological polar surface area (TPSA) is 195 Å². The summed E-state index contributed by atoms with van der Waals surface area (Å²) in [5.41, 5.74) is -1.02. The van der Waals surface area contributed by atoms with Gasteiger partial charge in [0.05, 0.1) is 24.4 Å². The van der Waals surface area contributed by atoms with Gasteiger partial charge in [0.2, 0.25) is 21.8 Å². The summed E-state index contributed by atoms with van der Waals surface area (Å²) in [6, 6.07) is 7.00. The Morgan fingerprint density at radius 1 is 1.05 bits per heavy atom. The van der Waals surface area contributed by atoms with E-state index in [2.05, 4.69) is 15.4 Å². The van der Waals surface area contributed by atoms with Crippen LogP contribution in [0.25, 0.3) is 33.0 Å². The molecule has 4 aromatic rings. The van der Waals surface area contributed by atoms with Crippen molar-refractivity contribution in [3.63, 3.8) is 0 Å². The number of carbonyl (C=O) groups excluding carboxylic acids is 4. The van der Waals surface area contributed by atoms with Crippen molar-refractivity contribution in [3.8, 4) is 11.5 Å². The fourth-order valence-electron chi connectivity index (χ4n) is 8.07. The smallest absolute Gasteiger partial charge is 0.408 e. The van der Waals surface area contributed by atoms with Crippen LogP contribution in [0.2, 0.25) is 0 Å². The van der Waals surface area contributed by atoms with E-state index >= 15 is 0 Å². The van der Waals surface area contributed by atoms with Gasteiger partial charge >= 0.3 is 6.09 Å². The first-order chi connectivity index (χ1) is 28.0. The molecule has 0 bridgehead atoms. The molecule has 4 amide bonds. The van der Waals surface area contributed by atoms with Crippen molar-refractivity contribution in [2.24, 2.45) is 5.92 Å². The van der Waals surface area contributed by atoms with Gasteiger partial charge < -0.3 is 34.2 Å². The minimum Gasteiger partial charge on any atom is -0.497 e. The fourth-order valence-corrected chi connectivity index (χ4v) is 9.43. The molecule has 2 aromatic carbocycles. The van der Waals surface area contributed by atoms with Gasteiger partial charge in [-0.05, 0) is 83.6 Å². The number of halogens is 1. The Morgan fingerprint density at radius 2 is 1.83 bits per heavy atom. The number of nitrogens with zero attached hydrogens (tertiary/aromatic N) is 2. The van der Waals surface area contributed by atoms with E-state index in [4.69, 9.17) is 23.6 Å². The van der Waals surface area contributed by atoms with Crippen LogP contribution in [0.5, 0.6) is 11.5 Å². The Bertz CT molecular complexity index is 2500. The Kier molecular flexibility index (Phi) is 10.5. The maximum absolute atomic E-state index is 14.7. The monoisotopic (exact) mass is 833 g/mol. The number of benzene rings is 2. The third kappa shape index (κ3) is 8.25. The maximum atomic E-state index is 14.7. The molecule has 2 aliphatic carbocycles. The highest BCUT2D eigenvalue weighted by Gasteiger charge is 2.62. The first kappa shape index (κ1) is 40.3. The Hall–Kier alpha value is -5.45. The van der Waals surface area contributed by atoms with Crippen molar-refractivity contribution in [2.45, 2.75) is 113 Å². The third-order valence-electron chi connectivity index (χ3n) is 11.3. The van der Waals surface area contributed by atoms with Gasteiger partial charge in [-0.1, -0.05) is 25.0 Å². The average Bonchev–Trinajstić information content (AvgIpc) is 4.07. The molecule has 3 fully saturated rings. The summed E-state index contributed by atoms with van der Waals surface area (Å²) in [4.78, 5) is 62.3. The highest BCUT2D eigenvalue weighted by molar-refractivity contribution is 7.91. The van der Waals surface area contributed by atoms with E-state index in [1.165, 1.54) is 30.2 Å². The van der Waals surface area contributed by atoms with Crippen LogP contribution < -0.4 is 24.8 Å². The minimum absolute atomic E-state index is 0.0597. The Morgan fingerprint density at radius 3 is 2.58 bits per heavy atom. The van der Waals surface area contributed by atoms with E-state index < -0.39 is 80.2 Å². The van der Waals surface area contributed by atoms with Crippen LogP contribution >= 0.6 is 0 Å². The van der Waals surface area contributed by atoms with Gasteiger partial charge in [-0.3, -0.25) is 19.1 Å². The van der Waals surface area contributed by atoms with Crippen LogP contribution in [0.15, 0.2) is 53.0 Å². The molecule has 0 radical (unpaired) electrons. The molecule has 4 aliphatic rings. The number of fused-ring (bicyclic) bond motifs is 6. The van der Waals surface area contributed by atoms with Crippen LogP contribution in [-0.2, 0) is 29.1 Å². The van der Waals surface area contributed by atoms with E-state index in [0.717, 1.165) is 12.8 Å². The molecule has 15 nitrogen and oxygen atoms in total. The zero-order chi connectivity index (χ0) is 41.9. The zero-order valence-electron chi connectivity index (χ0n) is 33.3. The molecule has 2 aromatic heterocycles. The summed E-state index contributed by atoms with van der Waals surface area (Å²) in [5, 5.41) is 5.99. The lowest BCUT2D eigenvalue weighted by Gasteiger charge is -2.30. The molecule has 4 heterocycles. The largest absolute Gasteiger partial charge is 0.497 e. The number of rotatable bonds is 7. The molecule has 59 heavy (non-hydrogen) atoms. The van der Waals surface area contributed by atoms with Gasteiger partial charge in [-0.2, -0.15) is 0 Å². The summed E-state index contributed by atoms with van der Waals surface area (Å²) in [6.45, 7) is 5.01. The molecule has 1 saturated heterocycles. The number of hydrogen-bond donors (Lipinski definition) is 3. The first-order valence-corrected chi connectivity index (χ1v) is 21.6. The van der Waals surface area contributed by atoms with Gasteiger partial charge in [0.1, 0.15) is 52.0 Å². The first-order valence-electron chi connectivity index (χ1n) is 20.1. The van der Waals surface area contributed by atoms with Crippen LogP contribution in [0.1, 0.15) is 78.6 Å². The van der Waals surface area contributed by atoms with E-state index in [1.54, 1.807) is 39.0 Å². The number of amides is 4. The van der Waals surface area contributed by atoms with Crippen molar-refractivity contribution in [1.82, 2.24) is 25.2 Å². The van der Waals surface area contributed by atoms with E-state index in [-0.39, 0.29) is 42.7 Å². The van der Waals surface area contributed by atoms with E-state index in [0.29, 0.717) is 53.3 Å². The molecule has 8 rings (SSSR count). The van der Waals surface area contributed by atoms with E-state index in [1.807, 2.05) is 12.2 Å². The van der Waals surface area contributed by atoms with Crippen molar-refractivity contribution in [1.29, 1.82) is 0 Å². The van der Waals surface area contributed by atoms with Crippen molar-refractivity contribution in [3.05, 3.63) is 54.4 Å². The molecule has 17 heteroatoms. The SMILES string of the molecule is COc1ccc2c(c1)oc1c(O[C@@H]3C[C@H]4C(=O)N[C@]5(C(=O)NS(=O)(=O)C6CC6)C[C@H]5C=CCCCCC[C@H](NC(=O)OC(C)(C)C)C(=O)N4C3)c3ccc(F)cc3nc12. The number of alkyl carbamates (subject to hydrolysis) is 1. The third-order valence-corrected chi connectivity index (χ3v) is 13.2. The number of hydrogen-bond acceptors (Lipinski definition) is 11. The maximum Gasteiger partial charge on any atom is 0.408 e. The number of pyridine rings is 1. The van der Waals surface area contributed by atoms with Gasteiger partial charge in [-0.25, -0.2) is 22.6 Å². The van der Waals surface area contributed by atoms with Crippen molar-refractivity contribution >= 4 is 66.8 Å². The summed E-state index contributed by atoms with van der Waals surface area (Å²) >= 11 is 0. The highest BCUT2D eigenvalue weighted by atomic mass is 32.2. The van der Waals surface area contributed by atoms with Crippen LogP contribution in [0.3, 0.4) is 0 Å². The zero-order valence-corrected chi connectivity index (χ0v) is 34.2. The molecule has 2 saturated carbocycles. The van der Waals surface area contributed by atoms with Crippen LogP contribution in [0, 0.1) is 11.7 Å². The van der Waals surface area contributed by atoms with Crippen LogP contribution in [-0.4, -0.2) is 90.3 Å². The standard InChI is InChI=1S/C42H48FN5O10S/c1-41(2,3)58-40(52)45-30-11-9-7-5-6-8-10-23-21-42(23,39(51)47-59(53,54)27-14-15-27)46-37(49)32-19-26(22-48(32)38(30)50)56-35-28-16-12-24(43)18-31(28)44-34-29-17-13-25(55-4)20-33(29)57-36(34)35/h8,10,12-13,16-18,20,23,26-27,30,32H,5-7,9,11,14-15,19,21-22H2,1-4H3,(H,45,52)(H,46,49)(H,47,51)/t23-,26-,30+,32+,42-/m1/s1. The van der Waals surface area contributed by atoms with Gasteiger partial charge in [-0.15, -0.1) is 0 Å². The molecule has 3 N–H and O–H groups in total. The second-order valence-corrected chi connectivity index (χ2v) is 18.9. The number of sulfonamides is 1. The predicted octanol–water partition coefficient (Wildman–Crippen LogP) is 5.53.